The maximum absolute atomic E-state index is 13.1. The van der Waals surface area contributed by atoms with E-state index in [4.69, 9.17) is 0 Å². The van der Waals surface area contributed by atoms with Gasteiger partial charge in [-0.05, 0) is 58.7 Å². The summed E-state index contributed by atoms with van der Waals surface area (Å²) in [5.74, 6) is -0.146. The van der Waals surface area contributed by atoms with Crippen LogP contribution in [0.4, 0.5) is 10.6 Å². The van der Waals surface area contributed by atoms with Crippen LogP contribution < -0.4 is 10.2 Å². The van der Waals surface area contributed by atoms with Crippen LogP contribution in [-0.4, -0.2) is 53.6 Å². The zero-order valence-corrected chi connectivity index (χ0v) is 20.8. The summed E-state index contributed by atoms with van der Waals surface area (Å²) in [5.41, 5.74) is 0.884. The van der Waals surface area contributed by atoms with Gasteiger partial charge in [0.15, 0.2) is 0 Å². The Labute approximate surface area is 201 Å². The van der Waals surface area contributed by atoms with Gasteiger partial charge in [0.05, 0.1) is 0 Å². The second kappa shape index (κ2) is 9.65. The molecule has 0 fully saturated rings. The molecule has 0 unspecified atom stereocenters. The molecule has 9 nitrogen and oxygen atoms in total. The Morgan fingerprint density at radius 3 is 2.38 bits per heavy atom. The zero-order chi connectivity index (χ0) is 25.3. The number of carbonyl (C=O) groups is 2. The molecule has 2 aromatic rings. The third-order valence-electron chi connectivity index (χ3n) is 5.31. The van der Waals surface area contributed by atoms with E-state index in [1.165, 1.54) is 4.90 Å². The number of benzene rings is 1. The number of hydrogen-bond donors (Lipinski definition) is 4. The largest absolute Gasteiger partial charge is 0.465 e. The third kappa shape index (κ3) is 5.03. The highest BCUT2D eigenvalue weighted by molar-refractivity contribution is 8.31. The van der Waals surface area contributed by atoms with Crippen LogP contribution in [0.2, 0.25) is 0 Å². The molecule has 34 heavy (non-hydrogen) atoms. The summed E-state index contributed by atoms with van der Waals surface area (Å²) < 4.78 is 23.1. The monoisotopic (exact) mass is 488 g/mol. The molecule has 1 aliphatic heterocycles. The highest BCUT2D eigenvalue weighted by Crippen LogP contribution is 2.62. The molecule has 1 aromatic heterocycles. The molecule has 0 radical (unpaired) electrons. The second-order valence-corrected chi connectivity index (χ2v) is 11.1. The summed E-state index contributed by atoms with van der Waals surface area (Å²) >= 11 is 0. The van der Waals surface area contributed by atoms with Crippen LogP contribution in [0, 0.1) is 0 Å². The fraction of sp³-hybridized carbons (Fsp3) is 0.375. The van der Waals surface area contributed by atoms with E-state index in [9.17, 15) is 23.8 Å². The molecule has 184 valence electrons. The van der Waals surface area contributed by atoms with Gasteiger partial charge in [0, 0.05) is 29.9 Å². The standard InChI is InChI=1S/C24H32N4O5S/c1-16(2)28-22(29)20(21(34(28,32)33)18-9-7-6-8-10-18)26-14-12-17-11-13-25-19(15-17)27(23(30)31)24(3,4)5/h6-11,13,15-16,26,32-33H,12,14H2,1-5H3,(H,30,31). The lowest BCUT2D eigenvalue weighted by Gasteiger charge is -2.40. The van der Waals surface area contributed by atoms with Gasteiger partial charge in [0.1, 0.15) is 16.4 Å². The van der Waals surface area contributed by atoms with Crippen molar-refractivity contribution in [3.63, 3.8) is 0 Å². The van der Waals surface area contributed by atoms with Crippen molar-refractivity contribution in [1.82, 2.24) is 14.6 Å². The number of anilines is 1. The lowest BCUT2D eigenvalue weighted by atomic mass is 10.1. The molecule has 0 atom stereocenters. The molecule has 1 aromatic carbocycles. The van der Waals surface area contributed by atoms with Crippen LogP contribution in [-0.2, 0) is 11.2 Å². The molecule has 3 rings (SSSR count). The van der Waals surface area contributed by atoms with Gasteiger partial charge in [-0.25, -0.2) is 14.1 Å². The molecular formula is C24H32N4O5S. The quantitative estimate of drug-likeness (QED) is 0.442. The smallest absolute Gasteiger partial charge is 0.413 e. The maximum atomic E-state index is 13.1. The number of carbonyl (C=O) groups excluding carboxylic acids is 1. The summed E-state index contributed by atoms with van der Waals surface area (Å²) in [7, 11) is -3.50. The second-order valence-electron chi connectivity index (χ2n) is 9.30. The number of amides is 2. The predicted octanol–water partition coefficient (Wildman–Crippen LogP) is 4.78. The van der Waals surface area contributed by atoms with E-state index >= 15 is 0 Å². The first-order valence-corrected chi connectivity index (χ1v) is 12.5. The number of aromatic nitrogens is 1. The van der Waals surface area contributed by atoms with Crippen molar-refractivity contribution in [1.29, 1.82) is 0 Å². The molecule has 2 heterocycles. The number of rotatable bonds is 7. The van der Waals surface area contributed by atoms with Crippen molar-refractivity contribution in [2.45, 2.75) is 52.6 Å². The first kappa shape index (κ1) is 25.5. The Bertz CT molecular complexity index is 1100. The predicted molar refractivity (Wildman–Crippen MR) is 134 cm³/mol. The Hall–Kier alpha value is -3.08. The topological polar surface area (TPSA) is 126 Å². The van der Waals surface area contributed by atoms with E-state index in [0.717, 1.165) is 9.87 Å². The van der Waals surface area contributed by atoms with Gasteiger partial charge >= 0.3 is 6.09 Å². The zero-order valence-electron chi connectivity index (χ0n) is 20.0. The van der Waals surface area contributed by atoms with Crippen molar-refractivity contribution in [2.24, 2.45) is 0 Å². The normalized spacial score (nSPS) is 16.7. The highest BCUT2D eigenvalue weighted by Gasteiger charge is 2.45. The van der Waals surface area contributed by atoms with Crippen molar-refractivity contribution >= 4 is 33.5 Å². The summed E-state index contributed by atoms with van der Waals surface area (Å²) in [4.78, 5) is 30.5. The van der Waals surface area contributed by atoms with Crippen LogP contribution in [0.3, 0.4) is 0 Å². The van der Waals surface area contributed by atoms with E-state index in [1.807, 2.05) is 6.07 Å². The van der Waals surface area contributed by atoms with E-state index in [2.05, 4.69) is 10.3 Å². The molecule has 0 aliphatic carbocycles. The third-order valence-corrected chi connectivity index (χ3v) is 7.43. The van der Waals surface area contributed by atoms with E-state index in [-0.39, 0.29) is 10.6 Å². The first-order valence-electron chi connectivity index (χ1n) is 11.0. The van der Waals surface area contributed by atoms with Gasteiger partial charge in [-0.1, -0.05) is 41.1 Å². The minimum absolute atomic E-state index is 0.163. The molecule has 0 saturated carbocycles. The molecule has 0 spiro atoms. The molecule has 2 amide bonds. The SMILES string of the molecule is CC(C)N1C(=O)C(NCCc2ccnc(N(C(=O)O)C(C)(C)C)c2)=C(c2ccccc2)S1(O)O. The Morgan fingerprint density at radius 2 is 1.82 bits per heavy atom. The minimum atomic E-state index is -3.50. The van der Waals surface area contributed by atoms with Gasteiger partial charge in [0.25, 0.3) is 5.91 Å². The number of pyridine rings is 1. The van der Waals surface area contributed by atoms with Gasteiger partial charge in [0.2, 0.25) is 0 Å². The molecule has 0 bridgehead atoms. The Morgan fingerprint density at radius 1 is 1.18 bits per heavy atom. The van der Waals surface area contributed by atoms with Gasteiger partial charge in [-0.2, -0.15) is 0 Å². The average molecular weight is 489 g/mol. The number of carboxylic acid groups (broad SMARTS) is 1. The lowest BCUT2D eigenvalue weighted by molar-refractivity contribution is -0.123. The summed E-state index contributed by atoms with van der Waals surface area (Å²) in [5, 5.41) is 12.7. The van der Waals surface area contributed by atoms with Gasteiger partial charge in [-0.3, -0.25) is 18.8 Å². The van der Waals surface area contributed by atoms with Crippen molar-refractivity contribution in [3.8, 4) is 0 Å². The maximum Gasteiger partial charge on any atom is 0.413 e. The van der Waals surface area contributed by atoms with Crippen molar-refractivity contribution in [2.75, 3.05) is 11.4 Å². The fourth-order valence-corrected chi connectivity index (χ4v) is 5.93. The summed E-state index contributed by atoms with van der Waals surface area (Å²) in [6, 6.07) is 11.9. The van der Waals surface area contributed by atoms with Crippen molar-refractivity contribution in [3.05, 3.63) is 65.5 Å². The number of hydrogen-bond acceptors (Lipinski definition) is 6. The van der Waals surface area contributed by atoms with Crippen molar-refractivity contribution < 1.29 is 23.8 Å². The van der Waals surface area contributed by atoms with Crippen LogP contribution >= 0.6 is 10.8 Å². The molecular weight excluding hydrogens is 456 g/mol. The van der Waals surface area contributed by atoms with Gasteiger partial charge in [-0.15, -0.1) is 0 Å². The number of nitrogens with one attached hydrogen (secondary N) is 1. The average Bonchev–Trinajstić information content (AvgIpc) is 2.92. The summed E-state index contributed by atoms with van der Waals surface area (Å²) in [6.07, 6.45) is 0.926. The first-order chi connectivity index (χ1) is 15.9. The minimum Gasteiger partial charge on any atom is -0.465 e. The van der Waals surface area contributed by atoms with Gasteiger partial charge < -0.3 is 10.4 Å². The van der Waals surface area contributed by atoms with E-state index in [0.29, 0.717) is 24.3 Å². The van der Waals surface area contributed by atoms with Crippen LogP contribution in [0.1, 0.15) is 45.7 Å². The molecule has 0 saturated heterocycles. The van der Waals surface area contributed by atoms with E-state index in [1.54, 1.807) is 77.2 Å². The Balaban J connectivity index is 1.86. The summed E-state index contributed by atoms with van der Waals surface area (Å²) in [6.45, 7) is 9.17. The van der Waals surface area contributed by atoms with Crippen LogP contribution in [0.15, 0.2) is 54.4 Å². The fourth-order valence-electron chi connectivity index (χ4n) is 3.93. The Kier molecular flexibility index (Phi) is 7.25. The van der Waals surface area contributed by atoms with Crippen LogP contribution in [0.25, 0.3) is 4.91 Å². The molecule has 4 N–H and O–H groups in total. The van der Waals surface area contributed by atoms with E-state index < -0.39 is 34.4 Å². The van der Waals surface area contributed by atoms with Crippen LogP contribution in [0.5, 0.6) is 0 Å². The highest BCUT2D eigenvalue weighted by atomic mass is 32.3. The number of nitrogens with zero attached hydrogens (tertiary/aromatic N) is 3. The molecule has 1 aliphatic rings. The molecule has 10 heteroatoms. The lowest BCUT2D eigenvalue weighted by Crippen LogP contribution is -2.45.